The lowest BCUT2D eigenvalue weighted by molar-refractivity contribution is -0.155. The van der Waals surface area contributed by atoms with Gasteiger partial charge in [0.2, 0.25) is 11.8 Å². The number of hydrogen-bond donors (Lipinski definition) is 1. The summed E-state index contributed by atoms with van der Waals surface area (Å²) in [4.78, 5) is 26.7. The zero-order valence-corrected chi connectivity index (χ0v) is 12.8. The monoisotopic (exact) mass is 282 g/mol. The van der Waals surface area contributed by atoms with Gasteiger partial charge >= 0.3 is 0 Å². The molecule has 2 aliphatic rings. The normalized spacial score (nSPS) is 34.5. The van der Waals surface area contributed by atoms with Crippen molar-refractivity contribution in [2.24, 2.45) is 0 Å². The van der Waals surface area contributed by atoms with Crippen LogP contribution in [0.4, 0.5) is 0 Å². The molecule has 0 aromatic carbocycles. The van der Waals surface area contributed by atoms with Crippen LogP contribution in [0, 0.1) is 0 Å². The number of nitrogens with one attached hydrogen (secondary N) is 1. The molecule has 0 aliphatic carbocycles. The number of hydrogen-bond acceptors (Lipinski definition) is 3. The Balaban J connectivity index is 2.07. The van der Waals surface area contributed by atoms with Crippen molar-refractivity contribution in [3.63, 3.8) is 0 Å². The molecule has 5 nitrogen and oxygen atoms in total. The minimum atomic E-state index is -0.751. The first-order chi connectivity index (χ1) is 9.51. The summed E-state index contributed by atoms with van der Waals surface area (Å²) in [6.45, 7) is 7.14. The Hall–Kier alpha value is -1.10. The van der Waals surface area contributed by atoms with Gasteiger partial charge in [0.15, 0.2) is 0 Å². The van der Waals surface area contributed by atoms with Crippen molar-refractivity contribution in [3.8, 4) is 0 Å². The van der Waals surface area contributed by atoms with Crippen molar-refractivity contribution in [2.75, 3.05) is 13.2 Å². The molecule has 2 fully saturated rings. The van der Waals surface area contributed by atoms with Crippen LogP contribution in [0.2, 0.25) is 0 Å². The summed E-state index contributed by atoms with van der Waals surface area (Å²) in [5, 5.41) is 2.89. The van der Waals surface area contributed by atoms with E-state index in [0.717, 1.165) is 25.9 Å². The smallest absolute Gasteiger partial charge is 0.248 e. The third-order valence-corrected chi connectivity index (χ3v) is 4.62. The maximum Gasteiger partial charge on any atom is 0.248 e. The fourth-order valence-electron chi connectivity index (χ4n) is 3.07. The second-order valence-electron chi connectivity index (χ2n) is 6.02. The Morgan fingerprint density at radius 2 is 2.15 bits per heavy atom. The lowest BCUT2D eigenvalue weighted by Crippen LogP contribution is -2.69. The van der Waals surface area contributed by atoms with Gasteiger partial charge < -0.3 is 15.0 Å². The summed E-state index contributed by atoms with van der Waals surface area (Å²) in [7, 11) is 0. The van der Waals surface area contributed by atoms with Crippen LogP contribution in [-0.4, -0.2) is 47.6 Å². The Labute approximate surface area is 121 Å². The first-order valence-corrected chi connectivity index (χ1v) is 7.76. The van der Waals surface area contributed by atoms with Crippen LogP contribution < -0.4 is 5.32 Å². The molecule has 3 unspecified atom stereocenters. The van der Waals surface area contributed by atoms with Crippen molar-refractivity contribution >= 4 is 11.8 Å². The van der Waals surface area contributed by atoms with Crippen LogP contribution in [0.25, 0.3) is 0 Å². The van der Waals surface area contributed by atoms with Crippen LogP contribution in [0.5, 0.6) is 0 Å². The average Bonchev–Trinajstić information content (AvgIpc) is 2.94. The summed E-state index contributed by atoms with van der Waals surface area (Å²) >= 11 is 0. The maximum atomic E-state index is 12.7. The molecule has 0 bridgehead atoms. The Kier molecular flexibility index (Phi) is 4.68. The molecule has 0 radical (unpaired) electrons. The maximum absolute atomic E-state index is 12.7. The molecule has 0 spiro atoms. The Morgan fingerprint density at radius 3 is 2.70 bits per heavy atom. The van der Waals surface area contributed by atoms with E-state index in [1.807, 2.05) is 20.8 Å². The van der Waals surface area contributed by atoms with E-state index in [2.05, 4.69) is 5.32 Å². The third kappa shape index (κ3) is 2.82. The summed E-state index contributed by atoms with van der Waals surface area (Å²) in [6, 6.07) is -0.330. The minimum absolute atomic E-state index is 0.0243. The van der Waals surface area contributed by atoms with Crippen LogP contribution in [0.15, 0.2) is 0 Å². The van der Waals surface area contributed by atoms with E-state index in [4.69, 9.17) is 4.74 Å². The molecule has 2 aliphatic heterocycles. The lowest BCUT2D eigenvalue weighted by Gasteiger charge is -2.44. The van der Waals surface area contributed by atoms with E-state index in [-0.39, 0.29) is 24.0 Å². The fourth-order valence-corrected chi connectivity index (χ4v) is 3.07. The summed E-state index contributed by atoms with van der Waals surface area (Å²) in [5.41, 5.74) is -0.751. The highest BCUT2D eigenvalue weighted by molar-refractivity contribution is 5.99. The third-order valence-electron chi connectivity index (χ3n) is 4.62. The highest BCUT2D eigenvalue weighted by Gasteiger charge is 2.46. The molecule has 2 rings (SSSR count). The number of amides is 2. The number of piperazine rings is 1. The van der Waals surface area contributed by atoms with Crippen LogP contribution in [0.3, 0.4) is 0 Å². The van der Waals surface area contributed by atoms with Crippen LogP contribution in [0.1, 0.15) is 52.9 Å². The number of nitrogens with zero attached hydrogens (tertiary/aromatic N) is 1. The first-order valence-electron chi connectivity index (χ1n) is 7.76. The second-order valence-corrected chi connectivity index (χ2v) is 6.02. The summed E-state index contributed by atoms with van der Waals surface area (Å²) in [5.74, 6) is 0.0215. The van der Waals surface area contributed by atoms with E-state index < -0.39 is 5.54 Å². The molecule has 5 heteroatoms. The van der Waals surface area contributed by atoms with Gasteiger partial charge in [-0.2, -0.15) is 0 Å². The molecule has 20 heavy (non-hydrogen) atoms. The van der Waals surface area contributed by atoms with Gasteiger partial charge in [0.05, 0.1) is 6.10 Å². The molecule has 114 valence electrons. The predicted octanol–water partition coefficient (Wildman–Crippen LogP) is 1.46. The van der Waals surface area contributed by atoms with Crippen molar-refractivity contribution in [3.05, 3.63) is 0 Å². The van der Waals surface area contributed by atoms with Gasteiger partial charge in [0.1, 0.15) is 11.6 Å². The number of carbonyl (C=O) groups excluding carboxylic acids is 2. The number of carbonyl (C=O) groups is 2. The molecule has 3 atom stereocenters. The molecule has 2 amide bonds. The molecule has 2 saturated heterocycles. The van der Waals surface area contributed by atoms with Gasteiger partial charge in [0.25, 0.3) is 0 Å². The molecule has 0 aromatic rings. The van der Waals surface area contributed by atoms with Crippen LogP contribution >= 0.6 is 0 Å². The quantitative estimate of drug-likeness (QED) is 0.830. The van der Waals surface area contributed by atoms with Crippen molar-refractivity contribution in [1.29, 1.82) is 0 Å². The summed E-state index contributed by atoms with van der Waals surface area (Å²) in [6.07, 6.45) is 4.51. The van der Waals surface area contributed by atoms with E-state index in [1.165, 1.54) is 0 Å². The standard InChI is InChI=1S/C15H26N2O3/c1-4-12-13(18)16-15(3,5-2)14(19)17(12)9-8-11-7-6-10-20-11/h11-12H,4-10H2,1-3H3,(H,16,18). The zero-order chi connectivity index (χ0) is 14.8. The number of ether oxygens (including phenoxy) is 1. The van der Waals surface area contributed by atoms with E-state index in [0.29, 0.717) is 19.4 Å². The van der Waals surface area contributed by atoms with Crippen LogP contribution in [-0.2, 0) is 14.3 Å². The Morgan fingerprint density at radius 1 is 1.40 bits per heavy atom. The molecular weight excluding hydrogens is 256 g/mol. The largest absolute Gasteiger partial charge is 0.378 e. The van der Waals surface area contributed by atoms with Crippen molar-refractivity contribution in [2.45, 2.75) is 70.6 Å². The van der Waals surface area contributed by atoms with E-state index in [1.54, 1.807) is 4.90 Å². The topological polar surface area (TPSA) is 58.6 Å². The van der Waals surface area contributed by atoms with Gasteiger partial charge in [-0.05, 0) is 39.0 Å². The molecule has 1 N–H and O–H groups in total. The minimum Gasteiger partial charge on any atom is -0.378 e. The number of rotatable bonds is 5. The summed E-state index contributed by atoms with van der Waals surface area (Å²) < 4.78 is 5.61. The average molecular weight is 282 g/mol. The van der Waals surface area contributed by atoms with E-state index >= 15 is 0 Å². The van der Waals surface area contributed by atoms with Gasteiger partial charge in [-0.25, -0.2) is 0 Å². The van der Waals surface area contributed by atoms with Gasteiger partial charge in [-0.15, -0.1) is 0 Å². The van der Waals surface area contributed by atoms with Gasteiger partial charge in [-0.1, -0.05) is 13.8 Å². The van der Waals surface area contributed by atoms with Crippen molar-refractivity contribution in [1.82, 2.24) is 10.2 Å². The Bertz CT molecular complexity index is 379. The highest BCUT2D eigenvalue weighted by Crippen LogP contribution is 2.24. The SMILES string of the molecule is CCC1C(=O)NC(C)(CC)C(=O)N1CCC1CCCO1. The molecule has 2 heterocycles. The van der Waals surface area contributed by atoms with Crippen molar-refractivity contribution < 1.29 is 14.3 Å². The van der Waals surface area contributed by atoms with Gasteiger partial charge in [0, 0.05) is 13.2 Å². The first kappa shape index (κ1) is 15.3. The lowest BCUT2D eigenvalue weighted by atomic mass is 9.91. The highest BCUT2D eigenvalue weighted by atomic mass is 16.5. The molecular formula is C15H26N2O3. The fraction of sp³-hybridized carbons (Fsp3) is 0.867. The van der Waals surface area contributed by atoms with Gasteiger partial charge in [-0.3, -0.25) is 9.59 Å². The zero-order valence-electron chi connectivity index (χ0n) is 12.8. The van der Waals surface area contributed by atoms with E-state index in [9.17, 15) is 9.59 Å². The predicted molar refractivity (Wildman–Crippen MR) is 76.2 cm³/mol. The molecule has 0 aromatic heterocycles. The molecule has 0 saturated carbocycles. The second kappa shape index (κ2) is 6.12.